The molecule has 0 heterocycles. The van der Waals surface area contributed by atoms with Gasteiger partial charge in [-0.2, -0.15) is 0 Å². The highest BCUT2D eigenvalue weighted by molar-refractivity contribution is 6.44. The first kappa shape index (κ1) is 16.5. The first-order valence-corrected chi connectivity index (χ1v) is 7.70. The Morgan fingerprint density at radius 3 is 2.08 bits per heavy atom. The summed E-state index contributed by atoms with van der Waals surface area (Å²) < 4.78 is 0. The van der Waals surface area contributed by atoms with Crippen molar-refractivity contribution in [2.75, 3.05) is 5.32 Å². The predicted octanol–water partition coefficient (Wildman–Crippen LogP) is 3.36. The van der Waals surface area contributed by atoms with Crippen LogP contribution in [0.25, 0.3) is 0 Å². The minimum absolute atomic E-state index is 0.00830. The van der Waals surface area contributed by atoms with E-state index in [0.717, 1.165) is 0 Å². The molecular formula is C17H12Cl2N2O3. The number of phenolic OH excluding ortho intramolecular Hbond substituents is 1. The van der Waals surface area contributed by atoms with Gasteiger partial charge in [-0.25, -0.2) is 0 Å². The summed E-state index contributed by atoms with van der Waals surface area (Å²) in [5.41, 5.74) is 5.96. The van der Waals surface area contributed by atoms with Crippen molar-refractivity contribution in [1.82, 2.24) is 0 Å². The lowest BCUT2D eigenvalue weighted by molar-refractivity contribution is 0.0977. The Kier molecular flexibility index (Phi) is 4.09. The van der Waals surface area contributed by atoms with E-state index in [4.69, 9.17) is 28.9 Å². The number of aromatic hydroxyl groups is 1. The molecule has 3 rings (SSSR count). The van der Waals surface area contributed by atoms with E-state index >= 15 is 0 Å². The summed E-state index contributed by atoms with van der Waals surface area (Å²) in [7, 11) is 0. The first-order chi connectivity index (χ1) is 11.4. The number of hydrogen-bond donors (Lipinski definition) is 3. The third-order valence-electron chi connectivity index (χ3n) is 3.77. The van der Waals surface area contributed by atoms with E-state index < -0.39 is 17.7 Å². The van der Waals surface area contributed by atoms with Crippen LogP contribution in [0.4, 0.5) is 5.69 Å². The number of phenols is 1. The number of fused-ring (bicyclic) bond motifs is 2. The molecule has 4 N–H and O–H groups in total. The molecule has 1 aliphatic rings. The van der Waals surface area contributed by atoms with Crippen LogP contribution in [0.5, 0.6) is 5.75 Å². The summed E-state index contributed by atoms with van der Waals surface area (Å²) in [5, 5.41) is 13.2. The summed E-state index contributed by atoms with van der Waals surface area (Å²) in [4.78, 5) is 25.8. The number of benzene rings is 2. The molecule has 0 saturated carbocycles. The number of carbonyl (C=O) groups is 2. The van der Waals surface area contributed by atoms with Crippen molar-refractivity contribution in [3.05, 3.63) is 69.2 Å². The van der Waals surface area contributed by atoms with Gasteiger partial charge < -0.3 is 16.2 Å². The molecule has 0 amide bonds. The van der Waals surface area contributed by atoms with E-state index in [1.54, 1.807) is 0 Å². The summed E-state index contributed by atoms with van der Waals surface area (Å²) in [6.45, 7) is 3.55. The van der Waals surface area contributed by atoms with Gasteiger partial charge in [0.05, 0.1) is 38.5 Å². The van der Waals surface area contributed by atoms with Gasteiger partial charge in [0.1, 0.15) is 5.75 Å². The molecule has 1 aliphatic carbocycles. The maximum Gasteiger partial charge on any atom is 0.199 e. The summed E-state index contributed by atoms with van der Waals surface area (Å²) in [6, 6.07) is 5.66. The second-order valence-corrected chi connectivity index (χ2v) is 6.04. The Morgan fingerprint density at radius 1 is 1.00 bits per heavy atom. The minimum atomic E-state index is -0.641. The lowest BCUT2D eigenvalue weighted by atomic mass is 9.82. The zero-order chi connectivity index (χ0) is 17.6. The fraction of sp³-hybridized carbons (Fsp3) is 0.0588. The van der Waals surface area contributed by atoms with Crippen molar-refractivity contribution < 1.29 is 14.7 Å². The fourth-order valence-electron chi connectivity index (χ4n) is 2.66. The van der Waals surface area contributed by atoms with Crippen molar-refractivity contribution in [1.29, 1.82) is 0 Å². The average Bonchev–Trinajstić information content (AvgIpc) is 2.55. The number of hydrogen-bond acceptors (Lipinski definition) is 5. The van der Waals surface area contributed by atoms with Crippen LogP contribution in [0, 0.1) is 0 Å². The Morgan fingerprint density at radius 2 is 1.54 bits per heavy atom. The van der Waals surface area contributed by atoms with E-state index in [1.165, 1.54) is 30.3 Å². The van der Waals surface area contributed by atoms with Crippen LogP contribution in [0.3, 0.4) is 0 Å². The van der Waals surface area contributed by atoms with Gasteiger partial charge in [-0.05, 0) is 24.3 Å². The van der Waals surface area contributed by atoms with Crippen LogP contribution in [0.15, 0.2) is 36.9 Å². The zero-order valence-corrected chi connectivity index (χ0v) is 13.8. The van der Waals surface area contributed by atoms with Crippen LogP contribution in [0.2, 0.25) is 10.0 Å². The smallest absolute Gasteiger partial charge is 0.199 e. The van der Waals surface area contributed by atoms with Gasteiger partial charge in [-0.3, -0.25) is 9.59 Å². The number of carbonyl (C=O) groups excluding carboxylic acids is 2. The highest BCUT2D eigenvalue weighted by Crippen LogP contribution is 2.41. The van der Waals surface area contributed by atoms with E-state index in [9.17, 15) is 14.7 Å². The van der Waals surface area contributed by atoms with Gasteiger partial charge in [0.25, 0.3) is 0 Å². The van der Waals surface area contributed by atoms with Crippen LogP contribution in [-0.2, 0) is 0 Å². The van der Waals surface area contributed by atoms with E-state index in [2.05, 4.69) is 11.9 Å². The highest BCUT2D eigenvalue weighted by atomic mass is 35.5. The topological polar surface area (TPSA) is 92.4 Å². The van der Waals surface area contributed by atoms with Crippen LogP contribution >= 0.6 is 23.2 Å². The van der Waals surface area contributed by atoms with Gasteiger partial charge in [0, 0.05) is 5.69 Å². The Labute approximate surface area is 147 Å². The second kappa shape index (κ2) is 5.94. The lowest BCUT2D eigenvalue weighted by Crippen LogP contribution is -2.30. The van der Waals surface area contributed by atoms with E-state index in [-0.39, 0.29) is 38.0 Å². The van der Waals surface area contributed by atoms with Gasteiger partial charge in [-0.1, -0.05) is 35.9 Å². The molecule has 122 valence electrons. The molecule has 0 radical (unpaired) electrons. The number of anilines is 1. The third kappa shape index (κ3) is 2.38. The molecule has 1 unspecified atom stereocenters. The molecule has 0 bridgehead atoms. The second-order valence-electron chi connectivity index (χ2n) is 5.23. The third-order valence-corrected chi connectivity index (χ3v) is 4.40. The van der Waals surface area contributed by atoms with Crippen LogP contribution in [0.1, 0.15) is 31.8 Å². The summed E-state index contributed by atoms with van der Waals surface area (Å²) in [6.07, 6.45) is 0.796. The summed E-state index contributed by atoms with van der Waals surface area (Å²) in [5.74, 6) is -1.40. The van der Waals surface area contributed by atoms with Gasteiger partial charge in [0.2, 0.25) is 0 Å². The van der Waals surface area contributed by atoms with Crippen LogP contribution < -0.4 is 11.1 Å². The largest absolute Gasteiger partial charge is 0.507 e. The van der Waals surface area contributed by atoms with E-state index in [1.807, 2.05) is 0 Å². The monoisotopic (exact) mass is 362 g/mol. The van der Waals surface area contributed by atoms with Gasteiger partial charge in [-0.15, -0.1) is 0 Å². The van der Waals surface area contributed by atoms with Crippen molar-refractivity contribution in [2.45, 2.75) is 6.17 Å². The lowest BCUT2D eigenvalue weighted by Gasteiger charge is -2.24. The Hall–Kier alpha value is -2.34. The summed E-state index contributed by atoms with van der Waals surface area (Å²) >= 11 is 12.2. The van der Waals surface area contributed by atoms with Gasteiger partial charge in [0.15, 0.2) is 11.6 Å². The molecule has 0 fully saturated rings. The zero-order valence-electron chi connectivity index (χ0n) is 12.3. The molecule has 0 saturated heterocycles. The van der Waals surface area contributed by atoms with Crippen molar-refractivity contribution in [3.63, 3.8) is 0 Å². The molecule has 7 heteroatoms. The van der Waals surface area contributed by atoms with Gasteiger partial charge >= 0.3 is 0 Å². The molecule has 0 spiro atoms. The quantitative estimate of drug-likeness (QED) is 0.377. The van der Waals surface area contributed by atoms with Crippen molar-refractivity contribution in [2.24, 2.45) is 5.73 Å². The molecule has 24 heavy (non-hydrogen) atoms. The highest BCUT2D eigenvalue weighted by Gasteiger charge is 2.37. The van der Waals surface area contributed by atoms with Crippen molar-refractivity contribution >= 4 is 40.5 Å². The first-order valence-electron chi connectivity index (χ1n) is 6.94. The molecule has 2 aromatic carbocycles. The molecule has 0 aliphatic heterocycles. The number of nitrogens with two attached hydrogens (primary N) is 1. The molecule has 0 aromatic heterocycles. The molecular weight excluding hydrogens is 351 g/mol. The molecule has 1 atom stereocenters. The average molecular weight is 363 g/mol. The fourth-order valence-corrected chi connectivity index (χ4v) is 3.15. The maximum atomic E-state index is 13.0. The predicted molar refractivity (Wildman–Crippen MR) is 93.2 cm³/mol. The van der Waals surface area contributed by atoms with Crippen LogP contribution in [-0.4, -0.2) is 22.8 Å². The van der Waals surface area contributed by atoms with E-state index in [0.29, 0.717) is 5.69 Å². The number of ketones is 2. The Balaban J connectivity index is 2.32. The minimum Gasteiger partial charge on any atom is -0.507 e. The molecule has 5 nitrogen and oxygen atoms in total. The molecule has 2 aromatic rings. The maximum absolute atomic E-state index is 13.0. The standard InChI is InChI=1S/C17H12Cl2N2O3/c1-2-11(20)21-9-5-6-10(22)15-14(9)16(23)12-7(18)3-4-8(19)13(12)17(15)24/h2-6,11,21-22H,1,20H2. The number of rotatable bonds is 3. The normalized spacial score (nSPS) is 14.0. The number of nitrogens with one attached hydrogen (secondary N) is 1. The SMILES string of the molecule is C=CC(N)Nc1ccc(O)c2c1C(=O)c1c(Cl)ccc(Cl)c1C2=O. The van der Waals surface area contributed by atoms with Crippen molar-refractivity contribution in [3.8, 4) is 5.75 Å². The Bertz CT molecular complexity index is 909. The number of halogens is 2.